The van der Waals surface area contributed by atoms with Gasteiger partial charge in [0, 0.05) is 17.3 Å². The van der Waals surface area contributed by atoms with E-state index in [0.717, 1.165) is 36.8 Å². The number of ether oxygens (including phenoxy) is 2. The third-order valence-corrected chi connectivity index (χ3v) is 4.82. The molecule has 1 saturated carbocycles. The maximum absolute atomic E-state index is 8.91. The molecule has 1 aliphatic carbocycles. The summed E-state index contributed by atoms with van der Waals surface area (Å²) in [5, 5.41) is 12.0. The summed E-state index contributed by atoms with van der Waals surface area (Å²) in [7, 11) is 0. The Hall–Kier alpha value is -1.27. The van der Waals surface area contributed by atoms with Gasteiger partial charge in [0.1, 0.15) is 11.9 Å². The average Bonchev–Trinajstić information content (AvgIpc) is 2.47. The predicted molar refractivity (Wildman–Crippen MR) is 82.8 cm³/mol. The van der Waals surface area contributed by atoms with Crippen molar-refractivity contribution in [2.75, 3.05) is 6.61 Å². The second kappa shape index (κ2) is 5.85. The minimum absolute atomic E-state index is 0.0368. The van der Waals surface area contributed by atoms with Gasteiger partial charge in [0.2, 0.25) is 0 Å². The smallest absolute Gasteiger partial charge is 0.173 e. The molecule has 21 heavy (non-hydrogen) atoms. The van der Waals surface area contributed by atoms with Gasteiger partial charge in [-0.2, -0.15) is 0 Å². The monoisotopic (exact) mass is 354 g/mol. The van der Waals surface area contributed by atoms with Gasteiger partial charge < -0.3 is 20.4 Å². The molecule has 0 amide bonds. The molecule has 2 aliphatic rings. The first-order valence-corrected chi connectivity index (χ1v) is 7.99. The maximum Gasteiger partial charge on any atom is 0.173 e. The van der Waals surface area contributed by atoms with E-state index in [-0.39, 0.29) is 17.5 Å². The van der Waals surface area contributed by atoms with Gasteiger partial charge in [-0.1, -0.05) is 21.1 Å². The molecule has 1 aromatic carbocycles. The van der Waals surface area contributed by atoms with Crippen LogP contribution in [0.1, 0.15) is 37.7 Å². The van der Waals surface area contributed by atoms with Crippen molar-refractivity contribution in [3.05, 3.63) is 28.2 Å². The fourth-order valence-corrected chi connectivity index (χ4v) is 3.40. The summed E-state index contributed by atoms with van der Waals surface area (Å²) in [6.07, 6.45) is 5.39. The van der Waals surface area contributed by atoms with Crippen LogP contribution < -0.4 is 10.5 Å². The number of rotatable bonds is 3. The normalized spacial score (nSPS) is 24.6. The van der Waals surface area contributed by atoms with Crippen LogP contribution in [0.2, 0.25) is 0 Å². The van der Waals surface area contributed by atoms with E-state index in [9.17, 15) is 0 Å². The van der Waals surface area contributed by atoms with Crippen molar-refractivity contribution in [1.29, 1.82) is 0 Å². The van der Waals surface area contributed by atoms with E-state index < -0.39 is 0 Å². The van der Waals surface area contributed by atoms with Gasteiger partial charge in [-0.3, -0.25) is 0 Å². The first-order valence-electron chi connectivity index (χ1n) is 7.20. The zero-order valence-electron chi connectivity index (χ0n) is 11.7. The highest BCUT2D eigenvalue weighted by atomic mass is 79.9. The lowest BCUT2D eigenvalue weighted by Crippen LogP contribution is -2.48. The van der Waals surface area contributed by atoms with E-state index >= 15 is 0 Å². The lowest BCUT2D eigenvalue weighted by molar-refractivity contribution is -0.153. The van der Waals surface area contributed by atoms with E-state index in [1.807, 2.05) is 12.1 Å². The van der Waals surface area contributed by atoms with E-state index in [2.05, 4.69) is 21.1 Å². The molecule has 1 saturated heterocycles. The van der Waals surface area contributed by atoms with E-state index in [0.29, 0.717) is 11.3 Å². The van der Waals surface area contributed by atoms with Crippen LogP contribution in [0.4, 0.5) is 0 Å². The Bertz CT molecular complexity index is 558. The number of amidine groups is 1. The Morgan fingerprint density at radius 2 is 2.29 bits per heavy atom. The molecule has 3 N–H and O–H groups in total. The van der Waals surface area contributed by atoms with Crippen molar-refractivity contribution in [3.8, 4) is 5.75 Å². The number of oxime groups is 1. The van der Waals surface area contributed by atoms with Gasteiger partial charge in [-0.15, -0.1) is 0 Å². The second-order valence-corrected chi connectivity index (χ2v) is 6.66. The number of halogens is 1. The highest BCUT2D eigenvalue weighted by molar-refractivity contribution is 9.10. The molecule has 2 fully saturated rings. The highest BCUT2D eigenvalue weighted by Gasteiger charge is 2.43. The van der Waals surface area contributed by atoms with E-state index in [1.165, 1.54) is 6.42 Å². The van der Waals surface area contributed by atoms with Gasteiger partial charge in [-0.25, -0.2) is 0 Å². The molecule has 1 atom stereocenters. The molecule has 1 heterocycles. The van der Waals surface area contributed by atoms with E-state index in [4.69, 9.17) is 20.4 Å². The van der Waals surface area contributed by atoms with Gasteiger partial charge in [-0.05, 0) is 37.5 Å². The molecule has 1 aromatic rings. The standard InChI is InChI=1S/C15H19BrN2O3/c16-10-2-3-13(12(8-10)14(17)18-19)21-11-4-7-20-15(9-11)5-1-6-15/h2-3,8,11,19H,1,4-7,9H2,(H2,17,18). The van der Waals surface area contributed by atoms with Crippen LogP contribution in [-0.4, -0.2) is 29.4 Å². The number of benzene rings is 1. The molecule has 0 aromatic heterocycles. The first kappa shape index (κ1) is 14.7. The third-order valence-electron chi connectivity index (χ3n) is 4.33. The SMILES string of the molecule is N/C(=N/O)c1cc(Br)ccc1OC1CCOC2(CCC2)C1. The highest BCUT2D eigenvalue weighted by Crippen LogP contribution is 2.43. The summed E-state index contributed by atoms with van der Waals surface area (Å²) in [4.78, 5) is 0. The molecule has 1 aliphatic heterocycles. The molecule has 6 heteroatoms. The minimum Gasteiger partial charge on any atom is -0.489 e. The second-order valence-electron chi connectivity index (χ2n) is 5.74. The van der Waals surface area contributed by atoms with Crippen LogP contribution in [0, 0.1) is 0 Å². The predicted octanol–water partition coefficient (Wildman–Crippen LogP) is 3.02. The van der Waals surface area contributed by atoms with Gasteiger partial charge >= 0.3 is 0 Å². The van der Waals surface area contributed by atoms with Gasteiger partial charge in [0.25, 0.3) is 0 Å². The van der Waals surface area contributed by atoms with E-state index in [1.54, 1.807) is 6.07 Å². The Kier molecular flexibility index (Phi) is 4.08. The van der Waals surface area contributed by atoms with Crippen molar-refractivity contribution in [1.82, 2.24) is 0 Å². The minimum atomic E-state index is 0.0368. The maximum atomic E-state index is 8.91. The zero-order chi connectivity index (χ0) is 14.9. The third kappa shape index (κ3) is 3.01. The lowest BCUT2D eigenvalue weighted by Gasteiger charge is -2.47. The Balaban J connectivity index is 1.78. The Morgan fingerprint density at radius 1 is 1.48 bits per heavy atom. The largest absolute Gasteiger partial charge is 0.489 e. The topological polar surface area (TPSA) is 77.1 Å². The lowest BCUT2D eigenvalue weighted by atomic mass is 9.74. The summed E-state index contributed by atoms with van der Waals surface area (Å²) in [5.41, 5.74) is 6.37. The summed E-state index contributed by atoms with van der Waals surface area (Å²) < 4.78 is 12.9. The molecule has 1 spiro atoms. The Morgan fingerprint density at radius 3 is 2.95 bits per heavy atom. The zero-order valence-corrected chi connectivity index (χ0v) is 13.3. The van der Waals surface area contributed by atoms with Crippen LogP contribution in [-0.2, 0) is 4.74 Å². The molecule has 3 rings (SSSR count). The number of hydrogen-bond acceptors (Lipinski definition) is 4. The number of nitrogens with two attached hydrogens (primary N) is 1. The van der Waals surface area contributed by atoms with Crippen LogP contribution >= 0.6 is 15.9 Å². The van der Waals surface area contributed by atoms with Crippen LogP contribution in [0.3, 0.4) is 0 Å². The molecule has 114 valence electrons. The van der Waals surface area contributed by atoms with Crippen molar-refractivity contribution in [2.45, 2.75) is 43.8 Å². The Labute approximate surface area is 132 Å². The molecule has 0 bridgehead atoms. The molecular weight excluding hydrogens is 336 g/mol. The molecule has 0 radical (unpaired) electrons. The van der Waals surface area contributed by atoms with Crippen molar-refractivity contribution < 1.29 is 14.7 Å². The summed E-state index contributed by atoms with van der Waals surface area (Å²) in [6.45, 7) is 0.736. The van der Waals surface area contributed by atoms with Crippen molar-refractivity contribution >= 4 is 21.8 Å². The van der Waals surface area contributed by atoms with Gasteiger partial charge in [0.15, 0.2) is 5.84 Å². The molecule has 5 nitrogen and oxygen atoms in total. The van der Waals surface area contributed by atoms with Crippen LogP contribution in [0.25, 0.3) is 0 Å². The van der Waals surface area contributed by atoms with Crippen LogP contribution in [0.15, 0.2) is 27.8 Å². The van der Waals surface area contributed by atoms with Crippen molar-refractivity contribution in [3.63, 3.8) is 0 Å². The summed E-state index contributed by atoms with van der Waals surface area (Å²) >= 11 is 3.39. The quantitative estimate of drug-likeness (QED) is 0.378. The fourth-order valence-electron chi connectivity index (χ4n) is 3.04. The number of hydrogen-bond donors (Lipinski definition) is 2. The fraction of sp³-hybridized carbons (Fsp3) is 0.533. The summed E-state index contributed by atoms with van der Waals surface area (Å²) in [6, 6.07) is 5.53. The van der Waals surface area contributed by atoms with Crippen molar-refractivity contribution in [2.24, 2.45) is 10.9 Å². The van der Waals surface area contributed by atoms with Crippen LogP contribution in [0.5, 0.6) is 5.75 Å². The first-order chi connectivity index (χ1) is 10.1. The molecule has 1 unspecified atom stereocenters. The molecular formula is C15H19BrN2O3. The average molecular weight is 355 g/mol. The van der Waals surface area contributed by atoms with Gasteiger partial charge in [0.05, 0.1) is 17.8 Å². The summed E-state index contributed by atoms with van der Waals surface area (Å²) in [5.74, 6) is 0.701. The number of nitrogens with zero attached hydrogens (tertiary/aromatic N) is 1.